The minimum absolute atomic E-state index is 0.0160. The summed E-state index contributed by atoms with van der Waals surface area (Å²) in [5.74, 6) is -0.0206. The van der Waals surface area contributed by atoms with Gasteiger partial charge in [0.2, 0.25) is 11.8 Å². The lowest BCUT2D eigenvalue weighted by Gasteiger charge is -2.24. The molecular weight excluding hydrogens is 299 g/mol. The Labute approximate surface area is 132 Å². The van der Waals surface area contributed by atoms with Crippen LogP contribution in [0.15, 0.2) is 34.7 Å². The van der Waals surface area contributed by atoms with Crippen LogP contribution in [0.3, 0.4) is 0 Å². The summed E-state index contributed by atoms with van der Waals surface area (Å²) >= 11 is 0. The molecule has 120 valence electrons. The van der Waals surface area contributed by atoms with Crippen molar-refractivity contribution in [1.29, 1.82) is 0 Å². The summed E-state index contributed by atoms with van der Waals surface area (Å²) in [5, 5.41) is 5.45. The van der Waals surface area contributed by atoms with Crippen molar-refractivity contribution < 1.29 is 18.4 Å². The first-order chi connectivity index (χ1) is 11.0. The van der Waals surface area contributed by atoms with Gasteiger partial charge in [-0.05, 0) is 42.8 Å². The number of amides is 2. The topological polar surface area (TPSA) is 71.3 Å². The predicted molar refractivity (Wildman–Crippen MR) is 82.5 cm³/mol. The number of carbonyl (C=O) groups is 2. The van der Waals surface area contributed by atoms with Crippen molar-refractivity contribution in [2.45, 2.75) is 25.7 Å². The van der Waals surface area contributed by atoms with Gasteiger partial charge in [0, 0.05) is 25.1 Å². The normalized spacial score (nSPS) is 16.6. The van der Waals surface area contributed by atoms with E-state index in [1.54, 1.807) is 0 Å². The standard InChI is InChI=1S/C17H17FN2O3/c1-10-2-4-12(23-10)6-7-19-17(22)14-9-16(21)20-15-5-3-11(18)8-13(14)15/h2-5,8,14H,6-7,9H2,1H3,(H,19,22)(H,20,21). The van der Waals surface area contributed by atoms with Gasteiger partial charge in [0.25, 0.3) is 0 Å². The zero-order valence-electron chi connectivity index (χ0n) is 12.7. The minimum Gasteiger partial charge on any atom is -0.466 e. The van der Waals surface area contributed by atoms with E-state index in [0.29, 0.717) is 24.2 Å². The fraction of sp³-hybridized carbons (Fsp3) is 0.294. The van der Waals surface area contributed by atoms with Gasteiger partial charge in [0.15, 0.2) is 0 Å². The van der Waals surface area contributed by atoms with Crippen LogP contribution in [0, 0.1) is 12.7 Å². The first kappa shape index (κ1) is 15.3. The molecule has 1 unspecified atom stereocenters. The van der Waals surface area contributed by atoms with Gasteiger partial charge in [-0.15, -0.1) is 0 Å². The summed E-state index contributed by atoms with van der Waals surface area (Å²) in [6, 6.07) is 7.77. The lowest BCUT2D eigenvalue weighted by atomic mass is 9.89. The van der Waals surface area contributed by atoms with Crippen molar-refractivity contribution in [3.63, 3.8) is 0 Å². The molecule has 5 nitrogen and oxygen atoms in total. The molecule has 0 aliphatic carbocycles. The van der Waals surface area contributed by atoms with Crippen LogP contribution in [0.25, 0.3) is 0 Å². The Morgan fingerprint density at radius 2 is 2.22 bits per heavy atom. The Bertz CT molecular complexity index is 754. The summed E-state index contributed by atoms with van der Waals surface area (Å²) in [7, 11) is 0. The zero-order chi connectivity index (χ0) is 16.4. The lowest BCUT2D eigenvalue weighted by Crippen LogP contribution is -2.36. The van der Waals surface area contributed by atoms with E-state index in [1.807, 2.05) is 19.1 Å². The maximum Gasteiger partial charge on any atom is 0.228 e. The van der Waals surface area contributed by atoms with E-state index in [4.69, 9.17) is 4.42 Å². The Balaban J connectivity index is 1.67. The SMILES string of the molecule is Cc1ccc(CCNC(=O)C2CC(=O)Nc3ccc(F)cc32)o1. The van der Waals surface area contributed by atoms with Crippen molar-refractivity contribution in [3.8, 4) is 0 Å². The second-order valence-corrected chi connectivity index (χ2v) is 5.59. The second-order valence-electron chi connectivity index (χ2n) is 5.59. The third kappa shape index (κ3) is 3.41. The molecule has 6 heteroatoms. The molecule has 0 spiro atoms. The Morgan fingerprint density at radius 3 is 2.96 bits per heavy atom. The van der Waals surface area contributed by atoms with Crippen LogP contribution >= 0.6 is 0 Å². The number of halogens is 1. The monoisotopic (exact) mass is 316 g/mol. The highest BCUT2D eigenvalue weighted by molar-refractivity contribution is 6.01. The highest BCUT2D eigenvalue weighted by Gasteiger charge is 2.30. The highest BCUT2D eigenvalue weighted by Crippen LogP contribution is 2.32. The number of aryl methyl sites for hydroxylation is 1. The number of nitrogens with one attached hydrogen (secondary N) is 2. The molecule has 2 N–H and O–H groups in total. The van der Waals surface area contributed by atoms with Crippen LogP contribution in [0.4, 0.5) is 10.1 Å². The van der Waals surface area contributed by atoms with E-state index >= 15 is 0 Å². The summed E-state index contributed by atoms with van der Waals surface area (Å²) in [4.78, 5) is 24.1. The van der Waals surface area contributed by atoms with E-state index in [1.165, 1.54) is 18.2 Å². The van der Waals surface area contributed by atoms with E-state index < -0.39 is 11.7 Å². The molecule has 0 saturated heterocycles. The number of hydrogen-bond donors (Lipinski definition) is 2. The predicted octanol–water partition coefficient (Wildman–Crippen LogP) is 2.51. The van der Waals surface area contributed by atoms with Gasteiger partial charge >= 0.3 is 0 Å². The number of anilines is 1. The Kier molecular flexibility index (Phi) is 4.14. The molecule has 0 bridgehead atoms. The molecule has 2 aromatic rings. The highest BCUT2D eigenvalue weighted by atomic mass is 19.1. The average molecular weight is 316 g/mol. The molecule has 23 heavy (non-hydrogen) atoms. The lowest BCUT2D eigenvalue weighted by molar-refractivity contribution is -0.126. The molecule has 2 amide bonds. The van der Waals surface area contributed by atoms with Crippen LogP contribution in [0.2, 0.25) is 0 Å². The quantitative estimate of drug-likeness (QED) is 0.910. The molecule has 1 aromatic carbocycles. The number of fused-ring (bicyclic) bond motifs is 1. The molecule has 1 aliphatic heterocycles. The number of rotatable bonds is 4. The second kappa shape index (κ2) is 6.24. The van der Waals surface area contributed by atoms with Crippen molar-refractivity contribution in [2.24, 2.45) is 0 Å². The Morgan fingerprint density at radius 1 is 1.39 bits per heavy atom. The maximum atomic E-state index is 13.4. The van der Waals surface area contributed by atoms with Crippen molar-refractivity contribution in [1.82, 2.24) is 5.32 Å². The van der Waals surface area contributed by atoms with E-state index in [9.17, 15) is 14.0 Å². The van der Waals surface area contributed by atoms with Gasteiger partial charge < -0.3 is 15.1 Å². The van der Waals surface area contributed by atoms with Crippen LogP contribution in [0.1, 0.15) is 29.4 Å². The summed E-state index contributed by atoms with van der Waals surface area (Å²) in [6.45, 7) is 2.25. The summed E-state index contributed by atoms with van der Waals surface area (Å²) in [5.41, 5.74) is 1.00. The van der Waals surface area contributed by atoms with E-state index in [0.717, 1.165) is 11.5 Å². The Hall–Kier alpha value is -2.63. The average Bonchev–Trinajstić information content (AvgIpc) is 2.92. The van der Waals surface area contributed by atoms with Crippen molar-refractivity contribution in [2.75, 3.05) is 11.9 Å². The third-order valence-corrected chi connectivity index (χ3v) is 3.84. The van der Waals surface area contributed by atoms with Gasteiger partial charge in [0.1, 0.15) is 17.3 Å². The number of furan rings is 1. The molecule has 1 atom stereocenters. The minimum atomic E-state index is -0.673. The smallest absolute Gasteiger partial charge is 0.228 e. The molecule has 2 heterocycles. The van der Waals surface area contributed by atoms with Crippen LogP contribution in [-0.4, -0.2) is 18.4 Å². The van der Waals surface area contributed by atoms with Gasteiger partial charge in [-0.3, -0.25) is 9.59 Å². The van der Waals surface area contributed by atoms with Crippen molar-refractivity contribution >= 4 is 17.5 Å². The van der Waals surface area contributed by atoms with Gasteiger partial charge in [-0.1, -0.05) is 0 Å². The molecule has 1 aromatic heterocycles. The molecule has 0 fully saturated rings. The van der Waals surface area contributed by atoms with Crippen LogP contribution in [0.5, 0.6) is 0 Å². The number of benzene rings is 1. The van der Waals surface area contributed by atoms with E-state index in [2.05, 4.69) is 10.6 Å². The van der Waals surface area contributed by atoms with Crippen LogP contribution < -0.4 is 10.6 Å². The van der Waals surface area contributed by atoms with Gasteiger partial charge in [-0.2, -0.15) is 0 Å². The summed E-state index contributed by atoms with van der Waals surface area (Å²) in [6.07, 6.45) is 0.580. The molecule has 1 aliphatic rings. The molecule has 3 rings (SSSR count). The maximum absolute atomic E-state index is 13.4. The molecular formula is C17H17FN2O3. The van der Waals surface area contributed by atoms with E-state index in [-0.39, 0.29) is 18.2 Å². The van der Waals surface area contributed by atoms with Crippen LogP contribution in [-0.2, 0) is 16.0 Å². The fourth-order valence-corrected chi connectivity index (χ4v) is 2.72. The third-order valence-electron chi connectivity index (χ3n) is 3.84. The first-order valence-corrected chi connectivity index (χ1v) is 7.45. The summed E-state index contributed by atoms with van der Waals surface area (Å²) < 4.78 is 18.9. The van der Waals surface area contributed by atoms with Gasteiger partial charge in [0.05, 0.1) is 5.92 Å². The number of carbonyl (C=O) groups excluding carboxylic acids is 2. The molecule has 0 radical (unpaired) electrons. The molecule has 0 saturated carbocycles. The zero-order valence-corrected chi connectivity index (χ0v) is 12.7. The van der Waals surface area contributed by atoms with Gasteiger partial charge in [-0.25, -0.2) is 4.39 Å². The number of hydrogen-bond acceptors (Lipinski definition) is 3. The largest absolute Gasteiger partial charge is 0.466 e. The fourth-order valence-electron chi connectivity index (χ4n) is 2.72. The van der Waals surface area contributed by atoms with Crippen molar-refractivity contribution in [3.05, 3.63) is 53.2 Å². The first-order valence-electron chi connectivity index (χ1n) is 7.45.